The number of rotatable bonds is 22. The molecule has 0 amide bonds. The quantitative estimate of drug-likeness (QED) is 0.0468. The van der Waals surface area contributed by atoms with Gasteiger partial charge in [0.25, 0.3) is 0 Å². The summed E-state index contributed by atoms with van der Waals surface area (Å²) in [4.78, 5) is 6.17. The summed E-state index contributed by atoms with van der Waals surface area (Å²) in [5, 5.41) is 85.8. The summed E-state index contributed by atoms with van der Waals surface area (Å²) >= 11 is 0. The molecule has 0 atom stereocenters. The van der Waals surface area contributed by atoms with E-state index in [4.69, 9.17) is 40.8 Å². The first-order valence-corrected chi connectivity index (χ1v) is 35.1. The highest BCUT2D eigenvalue weighted by Gasteiger charge is 2.34. The number of benzene rings is 8. The molecule has 0 spiro atoms. The Bertz CT molecular complexity index is 4400. The van der Waals surface area contributed by atoms with Crippen LogP contribution in [0.25, 0.3) is 66.9 Å². The molecule has 16 heteroatoms. The number of phenolic OH excluding ortho intramolecular Hbond substituents is 4. The Morgan fingerprint density at radius 2 is 0.490 bits per heavy atom. The number of phenols is 4. The Morgan fingerprint density at radius 1 is 0.286 bits per heavy atom. The third-order valence-electron chi connectivity index (χ3n) is 19.3. The van der Waals surface area contributed by atoms with Crippen LogP contribution in [0.2, 0.25) is 0 Å². The van der Waals surface area contributed by atoms with Gasteiger partial charge in [0, 0.05) is 35.1 Å². The second-order valence-corrected chi connectivity index (χ2v) is 32.2. The summed E-state index contributed by atoms with van der Waals surface area (Å²) in [5.74, 6) is 0.368. The predicted molar refractivity (Wildman–Crippen MR) is 396 cm³/mol. The van der Waals surface area contributed by atoms with Crippen molar-refractivity contribution in [1.82, 2.24) is 60.0 Å². The van der Waals surface area contributed by atoms with Crippen molar-refractivity contribution in [1.29, 1.82) is 0 Å². The molecule has 512 valence electrons. The topological polar surface area (TPSA) is 204 Å². The van der Waals surface area contributed by atoms with Crippen molar-refractivity contribution < 1.29 is 20.4 Å². The van der Waals surface area contributed by atoms with E-state index < -0.39 is 0 Å². The average Bonchev–Trinajstić information content (AvgIpc) is 1.26. The SMILES string of the molecule is CC(C)(C)CC(C)(C)c1cc(Cc2cc(C(C)(C)CC(C)(C)C)cc(-n3nc4ccccc4n3)c2O)c(O)c(-n2nc3ccccc3n2)c1.CCCCCC(C)(C)c1cc(Cc2cc(C(C)(C)CCCCC)cc(-n3nc4ccccc4n3)c2O)c(O)c(-n2nc3ccccc3n2)c1. The van der Waals surface area contributed by atoms with Gasteiger partial charge < -0.3 is 20.4 Å². The Kier molecular flexibility index (Phi) is 19.6. The molecule has 4 aromatic heterocycles. The van der Waals surface area contributed by atoms with Crippen molar-refractivity contribution in [2.45, 2.75) is 209 Å². The number of fused-ring (bicyclic) bond motifs is 4. The minimum absolute atomic E-state index is 0.0702. The molecule has 8 aromatic carbocycles. The summed E-state index contributed by atoms with van der Waals surface area (Å²) < 4.78 is 0. The van der Waals surface area contributed by atoms with Gasteiger partial charge in [-0.25, -0.2) is 0 Å². The number of hydrogen-bond acceptors (Lipinski definition) is 12. The zero-order chi connectivity index (χ0) is 70.3. The Labute approximate surface area is 577 Å². The number of aromatic nitrogens is 12. The van der Waals surface area contributed by atoms with Crippen molar-refractivity contribution in [3.05, 3.63) is 190 Å². The van der Waals surface area contributed by atoms with E-state index in [1.807, 2.05) is 121 Å². The highest BCUT2D eigenvalue weighted by Crippen LogP contribution is 2.46. The summed E-state index contributed by atoms with van der Waals surface area (Å²) in [6.07, 6.45) is 11.3. The fraction of sp³-hybridized carbons (Fsp3) is 0.415. The molecule has 4 heterocycles. The number of hydrogen-bond donors (Lipinski definition) is 4. The fourth-order valence-corrected chi connectivity index (χ4v) is 14.5. The van der Waals surface area contributed by atoms with Crippen LogP contribution in [0.15, 0.2) is 146 Å². The van der Waals surface area contributed by atoms with Gasteiger partial charge in [-0.15, -0.1) is 60.0 Å². The van der Waals surface area contributed by atoms with Crippen LogP contribution in [-0.4, -0.2) is 80.4 Å². The first-order chi connectivity index (χ1) is 46.3. The molecule has 0 radical (unpaired) electrons. The molecule has 0 aliphatic carbocycles. The van der Waals surface area contributed by atoms with E-state index >= 15 is 0 Å². The lowest BCUT2D eigenvalue weighted by atomic mass is 9.71. The molecule has 0 bridgehead atoms. The fourth-order valence-electron chi connectivity index (χ4n) is 14.5. The second-order valence-electron chi connectivity index (χ2n) is 32.2. The van der Waals surface area contributed by atoms with Crippen LogP contribution < -0.4 is 0 Å². The van der Waals surface area contributed by atoms with E-state index in [0.717, 1.165) is 118 Å². The van der Waals surface area contributed by atoms with Crippen molar-refractivity contribution in [3.8, 4) is 45.7 Å². The second kappa shape index (κ2) is 27.5. The summed E-state index contributed by atoms with van der Waals surface area (Å²) in [7, 11) is 0. The first-order valence-electron chi connectivity index (χ1n) is 35.1. The molecule has 0 saturated carbocycles. The van der Waals surface area contributed by atoms with E-state index in [-0.39, 0.29) is 61.9 Å². The Balaban J connectivity index is 0.000000198. The van der Waals surface area contributed by atoms with Gasteiger partial charge in [-0.1, -0.05) is 222 Å². The van der Waals surface area contributed by atoms with Crippen molar-refractivity contribution in [2.75, 3.05) is 0 Å². The summed E-state index contributed by atoms with van der Waals surface area (Å²) in [5.41, 5.74) is 14.6. The van der Waals surface area contributed by atoms with Crippen LogP contribution in [0.5, 0.6) is 23.0 Å². The summed E-state index contributed by atoms with van der Waals surface area (Å²) in [6.45, 7) is 35.9. The third-order valence-corrected chi connectivity index (χ3v) is 19.3. The molecule has 0 unspecified atom stereocenters. The molecular formula is C82H100N12O4. The predicted octanol–water partition coefficient (Wildman–Crippen LogP) is 19.5. The van der Waals surface area contributed by atoms with Gasteiger partial charge in [0.2, 0.25) is 0 Å². The third kappa shape index (κ3) is 15.4. The van der Waals surface area contributed by atoms with Gasteiger partial charge in [0.15, 0.2) is 0 Å². The number of aromatic hydroxyl groups is 4. The van der Waals surface area contributed by atoms with E-state index in [0.29, 0.717) is 51.4 Å². The largest absolute Gasteiger partial charge is 0.505 e. The van der Waals surface area contributed by atoms with Crippen LogP contribution in [0.4, 0.5) is 0 Å². The monoisotopic (exact) mass is 1320 g/mol. The molecule has 0 aliphatic rings. The number of nitrogens with zero attached hydrogens (tertiary/aromatic N) is 12. The van der Waals surface area contributed by atoms with Crippen molar-refractivity contribution in [2.24, 2.45) is 10.8 Å². The van der Waals surface area contributed by atoms with E-state index in [1.54, 1.807) is 9.59 Å². The van der Waals surface area contributed by atoms with E-state index in [9.17, 15) is 20.4 Å². The lowest BCUT2D eigenvalue weighted by Gasteiger charge is -2.34. The van der Waals surface area contributed by atoms with Crippen LogP contribution in [0.3, 0.4) is 0 Å². The van der Waals surface area contributed by atoms with Gasteiger partial charge >= 0.3 is 0 Å². The van der Waals surface area contributed by atoms with Gasteiger partial charge in [0.1, 0.15) is 89.9 Å². The molecule has 16 nitrogen and oxygen atoms in total. The zero-order valence-electron chi connectivity index (χ0n) is 60.5. The van der Waals surface area contributed by atoms with Gasteiger partial charge in [0.05, 0.1) is 0 Å². The maximum atomic E-state index is 12.0. The van der Waals surface area contributed by atoms with Gasteiger partial charge in [-0.3, -0.25) is 0 Å². The maximum Gasteiger partial charge on any atom is 0.146 e. The van der Waals surface area contributed by atoms with Crippen LogP contribution in [0, 0.1) is 10.8 Å². The Morgan fingerprint density at radius 3 is 0.684 bits per heavy atom. The van der Waals surface area contributed by atoms with Gasteiger partial charge in [-0.05, 0) is 153 Å². The van der Waals surface area contributed by atoms with Gasteiger partial charge in [-0.2, -0.15) is 0 Å². The lowest BCUT2D eigenvalue weighted by molar-refractivity contribution is 0.283. The standard InChI is InChI=1S/2C41H50N6O2/c1-38(2,3)24-40(7,8)28-20-26(36(48)34(22-28)46-42-30-15-11-12-16-31(30)43-46)19-27-21-29(41(9,10)25-39(4,5)6)23-35(37(27)49)47-44-32-17-13-14-18-33(32)45-47;1-7-9-15-21-40(3,4)30-24-28(38(48)36(26-30)46-42-32-17-11-12-18-33(32)43-46)23-29-25-31(41(5,6)22-16-10-8-2)27-37(39(29)49)47-44-34-19-13-14-20-35(34)45-47/h11-18,20-23,48-49H,19,24-25H2,1-10H3;11-14,17-20,24-27,48-49H,7-10,15-16,21-23H2,1-6H3. The molecular weight excluding hydrogens is 1220 g/mol. The minimum Gasteiger partial charge on any atom is -0.505 e. The summed E-state index contributed by atoms with van der Waals surface area (Å²) in [6, 6.07) is 47.3. The molecule has 12 rings (SSSR count). The smallest absolute Gasteiger partial charge is 0.146 e. The molecule has 0 fully saturated rings. The molecule has 4 N–H and O–H groups in total. The average molecular weight is 1320 g/mol. The van der Waals surface area contributed by atoms with Crippen molar-refractivity contribution in [3.63, 3.8) is 0 Å². The molecule has 0 saturated heterocycles. The molecule has 0 aliphatic heterocycles. The van der Waals surface area contributed by atoms with Crippen LogP contribution in [0.1, 0.15) is 219 Å². The highest BCUT2D eigenvalue weighted by molar-refractivity contribution is 5.77. The lowest BCUT2D eigenvalue weighted by Crippen LogP contribution is -2.25. The molecule has 12 aromatic rings. The van der Waals surface area contributed by atoms with Crippen molar-refractivity contribution >= 4 is 44.1 Å². The maximum absolute atomic E-state index is 12.0. The highest BCUT2D eigenvalue weighted by atomic mass is 16.3. The van der Waals surface area contributed by atoms with Crippen LogP contribution >= 0.6 is 0 Å². The van der Waals surface area contributed by atoms with Crippen LogP contribution in [-0.2, 0) is 34.5 Å². The zero-order valence-corrected chi connectivity index (χ0v) is 60.5. The van der Waals surface area contributed by atoms with E-state index in [1.165, 1.54) is 22.4 Å². The number of unbranched alkanes of at least 4 members (excludes halogenated alkanes) is 4. The Hall–Kier alpha value is -9.44. The molecule has 98 heavy (non-hydrogen) atoms. The van der Waals surface area contributed by atoms with E-state index in [2.05, 4.69) is 135 Å². The minimum atomic E-state index is -0.231. The first kappa shape index (κ1) is 69.9. The normalized spacial score (nSPS) is 12.7.